The normalized spacial score (nSPS) is 25.1. The molecular weight excluding hydrogens is 432 g/mol. The highest BCUT2D eigenvalue weighted by atomic mass is 28.4. The molecule has 2 aliphatic rings. The van der Waals surface area contributed by atoms with Gasteiger partial charge in [-0.25, -0.2) is 0 Å². The molecular formula is C26H40N2O4Si. The Balaban J connectivity index is 1.94. The van der Waals surface area contributed by atoms with Gasteiger partial charge in [-0.3, -0.25) is 4.79 Å². The van der Waals surface area contributed by atoms with Gasteiger partial charge in [0, 0.05) is 12.8 Å². The molecule has 0 saturated carbocycles. The van der Waals surface area contributed by atoms with Crippen molar-refractivity contribution in [3.05, 3.63) is 53.8 Å². The molecule has 0 spiro atoms. The highest BCUT2D eigenvalue weighted by Gasteiger charge is 2.51. The first kappa shape index (κ1) is 25.7. The van der Waals surface area contributed by atoms with E-state index in [0.717, 1.165) is 11.3 Å². The van der Waals surface area contributed by atoms with Crippen molar-refractivity contribution in [2.75, 3.05) is 18.6 Å². The van der Waals surface area contributed by atoms with Crippen LogP contribution in [0.5, 0.6) is 0 Å². The monoisotopic (exact) mass is 472 g/mol. The van der Waals surface area contributed by atoms with Crippen LogP contribution in [0.3, 0.4) is 0 Å². The third kappa shape index (κ3) is 4.20. The number of hydrogen-bond acceptors (Lipinski definition) is 5. The molecule has 0 fully saturated rings. The first-order valence-corrected chi connectivity index (χ1v) is 14.1. The average molecular weight is 473 g/mol. The number of anilines is 1. The number of aliphatic hydroxyl groups excluding tert-OH is 1. The minimum Gasteiger partial charge on any atom is -0.543 e. The van der Waals surface area contributed by atoms with Crippen molar-refractivity contribution < 1.29 is 19.1 Å². The van der Waals surface area contributed by atoms with Gasteiger partial charge in [0.05, 0.1) is 18.7 Å². The molecule has 0 saturated heterocycles. The fraction of sp³-hybridized carbons (Fsp3) is 0.577. The summed E-state index contributed by atoms with van der Waals surface area (Å²) in [4.78, 5) is 15.6. The molecule has 1 aromatic rings. The number of carbonyl (C=O) groups excluding carboxylic acids is 1. The topological polar surface area (TPSA) is 85.0 Å². The zero-order chi connectivity index (χ0) is 24.6. The third-order valence-corrected chi connectivity index (χ3v) is 13.5. The molecule has 7 heteroatoms. The largest absolute Gasteiger partial charge is 0.543 e. The van der Waals surface area contributed by atoms with Crippen molar-refractivity contribution in [3.63, 3.8) is 0 Å². The molecule has 33 heavy (non-hydrogen) atoms. The maximum absolute atomic E-state index is 13.9. The molecule has 182 valence electrons. The van der Waals surface area contributed by atoms with E-state index in [2.05, 4.69) is 41.5 Å². The van der Waals surface area contributed by atoms with Gasteiger partial charge in [-0.15, -0.1) is 0 Å². The predicted molar refractivity (Wildman–Crippen MR) is 136 cm³/mol. The number of amides is 1. The summed E-state index contributed by atoms with van der Waals surface area (Å²) in [7, 11) is -0.655. The van der Waals surface area contributed by atoms with Gasteiger partial charge in [0.1, 0.15) is 5.76 Å². The van der Waals surface area contributed by atoms with Gasteiger partial charge >= 0.3 is 0 Å². The molecule has 2 unspecified atom stereocenters. The lowest BCUT2D eigenvalue weighted by atomic mass is 9.87. The number of rotatable bonds is 8. The van der Waals surface area contributed by atoms with Gasteiger partial charge in [0.25, 0.3) is 14.2 Å². The fourth-order valence-corrected chi connectivity index (χ4v) is 11.1. The van der Waals surface area contributed by atoms with Crippen molar-refractivity contribution >= 4 is 19.9 Å². The summed E-state index contributed by atoms with van der Waals surface area (Å²) in [6, 6.07) is 6.67. The lowest BCUT2D eigenvalue weighted by molar-refractivity contribution is -0.136. The van der Waals surface area contributed by atoms with Crippen LogP contribution in [0.1, 0.15) is 47.1 Å². The molecule has 0 radical (unpaired) electrons. The molecule has 0 aromatic heterocycles. The second-order valence-corrected chi connectivity index (χ2v) is 15.6. The summed E-state index contributed by atoms with van der Waals surface area (Å²) >= 11 is 0. The number of benzene rings is 1. The Bertz CT molecular complexity index is 905. The fourth-order valence-electron chi connectivity index (χ4n) is 5.87. The summed E-state index contributed by atoms with van der Waals surface area (Å²) in [6.45, 7) is 13.3. The molecule has 1 aliphatic heterocycles. The summed E-state index contributed by atoms with van der Waals surface area (Å²) in [5, 5.41) is 9.99. The molecule has 1 aliphatic carbocycles. The van der Waals surface area contributed by atoms with E-state index in [0.29, 0.717) is 28.8 Å². The van der Waals surface area contributed by atoms with Crippen LogP contribution in [0.25, 0.3) is 0 Å². The summed E-state index contributed by atoms with van der Waals surface area (Å²) in [6.07, 6.45) is 6.01. The molecule has 3 rings (SSSR count). The lowest BCUT2D eigenvalue weighted by Gasteiger charge is -2.44. The van der Waals surface area contributed by atoms with E-state index in [1.807, 2.05) is 36.4 Å². The first-order valence-electron chi connectivity index (χ1n) is 12.0. The molecule has 1 amide bonds. The minimum absolute atomic E-state index is 0.130. The maximum Gasteiger partial charge on any atom is 0.265 e. The Labute approximate surface area is 199 Å². The maximum atomic E-state index is 13.9. The average Bonchev–Trinajstić information content (AvgIpc) is 3.15. The number of methoxy groups -OCH3 is 1. The standard InChI is InChI=1S/C26H40N2O4Si/c1-17(2)33(18(3)4,19(5)6)32-22-12-13-26(31-7,24(27)15-22)25(30)28-21(16-29)14-20-10-8-9-11-23(20)28/h8-13,15,17-19,21,24,29H,14,16,27H2,1-7H3/t21-,24?,26?/m0/s1. The number of carbonyl (C=O) groups is 1. The van der Waals surface area contributed by atoms with Gasteiger partial charge in [-0.1, -0.05) is 59.7 Å². The van der Waals surface area contributed by atoms with Crippen molar-refractivity contribution in [3.8, 4) is 0 Å². The number of nitrogens with zero attached hydrogens (tertiary/aromatic N) is 1. The number of fused-ring (bicyclic) bond motifs is 1. The quantitative estimate of drug-likeness (QED) is 0.551. The molecule has 6 nitrogen and oxygen atoms in total. The SMILES string of the molecule is COC1(C(=O)N2c3ccccc3C[C@H]2CO)C=CC(O[Si](C(C)C)(C(C)C)C(C)C)=CC1N. The molecule has 3 atom stereocenters. The van der Waals surface area contributed by atoms with E-state index in [9.17, 15) is 9.90 Å². The zero-order valence-corrected chi connectivity index (χ0v) is 22.0. The third-order valence-electron chi connectivity index (χ3n) is 7.51. The van der Waals surface area contributed by atoms with Crippen LogP contribution in [-0.4, -0.2) is 50.7 Å². The van der Waals surface area contributed by atoms with Crippen molar-refractivity contribution in [1.29, 1.82) is 0 Å². The molecule has 1 aromatic carbocycles. The Kier molecular flexibility index (Phi) is 7.58. The van der Waals surface area contributed by atoms with Crippen LogP contribution in [0.2, 0.25) is 16.6 Å². The summed E-state index contributed by atoms with van der Waals surface area (Å²) in [5.74, 6) is 0.444. The lowest BCUT2D eigenvalue weighted by Crippen LogP contribution is -2.61. The predicted octanol–water partition coefficient (Wildman–Crippen LogP) is 4.29. The number of para-hydroxylation sites is 1. The van der Waals surface area contributed by atoms with E-state index in [1.54, 1.807) is 11.0 Å². The Morgan fingerprint density at radius 3 is 2.30 bits per heavy atom. The highest BCUT2D eigenvalue weighted by Crippen LogP contribution is 2.45. The van der Waals surface area contributed by atoms with E-state index in [-0.39, 0.29) is 18.6 Å². The zero-order valence-electron chi connectivity index (χ0n) is 21.0. The van der Waals surface area contributed by atoms with E-state index in [1.165, 1.54) is 7.11 Å². The van der Waals surface area contributed by atoms with Crippen LogP contribution in [0.4, 0.5) is 5.69 Å². The molecule has 0 bridgehead atoms. The number of allylic oxidation sites excluding steroid dienone is 1. The van der Waals surface area contributed by atoms with Crippen molar-refractivity contribution in [1.82, 2.24) is 0 Å². The Morgan fingerprint density at radius 1 is 1.18 bits per heavy atom. The van der Waals surface area contributed by atoms with Gasteiger partial charge in [-0.2, -0.15) is 0 Å². The second kappa shape index (κ2) is 9.74. The van der Waals surface area contributed by atoms with Crippen LogP contribution in [0.15, 0.2) is 48.3 Å². The van der Waals surface area contributed by atoms with E-state index in [4.69, 9.17) is 14.9 Å². The number of ether oxygens (including phenoxy) is 1. The van der Waals surface area contributed by atoms with Gasteiger partial charge in [-0.05, 0) is 52.9 Å². The summed E-state index contributed by atoms with van der Waals surface area (Å²) < 4.78 is 12.6. The van der Waals surface area contributed by atoms with Crippen molar-refractivity contribution in [2.24, 2.45) is 5.73 Å². The molecule has 1 heterocycles. The number of hydrogen-bond donors (Lipinski definition) is 2. The highest BCUT2D eigenvalue weighted by molar-refractivity contribution is 6.77. The Morgan fingerprint density at radius 2 is 1.79 bits per heavy atom. The van der Waals surface area contributed by atoms with Gasteiger partial charge in [0.15, 0.2) is 5.60 Å². The van der Waals surface area contributed by atoms with Crippen LogP contribution < -0.4 is 10.6 Å². The minimum atomic E-state index is -2.16. The smallest absolute Gasteiger partial charge is 0.265 e. The van der Waals surface area contributed by atoms with Crippen LogP contribution in [-0.2, 0) is 20.4 Å². The van der Waals surface area contributed by atoms with E-state index >= 15 is 0 Å². The first-order chi connectivity index (χ1) is 15.5. The molecule has 3 N–H and O–H groups in total. The summed E-state index contributed by atoms with van der Waals surface area (Å²) in [5.41, 5.74) is 8.34. The van der Waals surface area contributed by atoms with Gasteiger partial charge < -0.3 is 24.9 Å². The second-order valence-electron chi connectivity index (χ2n) is 10.2. The van der Waals surface area contributed by atoms with Gasteiger partial charge in [0.2, 0.25) is 0 Å². The van der Waals surface area contributed by atoms with Crippen LogP contribution >= 0.6 is 0 Å². The van der Waals surface area contributed by atoms with Crippen LogP contribution in [0, 0.1) is 0 Å². The number of aliphatic hydroxyl groups is 1. The van der Waals surface area contributed by atoms with Crippen molar-refractivity contribution in [2.45, 2.75) is 82.3 Å². The van der Waals surface area contributed by atoms with E-state index < -0.39 is 20.0 Å². The Hall–Kier alpha value is -1.93. The number of nitrogens with two attached hydrogens (primary N) is 1.